The molecule has 2 bridgehead atoms. The second kappa shape index (κ2) is 7.08. The van der Waals surface area contributed by atoms with Crippen molar-refractivity contribution in [3.05, 3.63) is 40.5 Å². The molecule has 0 spiro atoms. The molecular weight excluding hydrogens is 397 g/mol. The van der Waals surface area contributed by atoms with E-state index < -0.39 is 17.6 Å². The van der Waals surface area contributed by atoms with Crippen LogP contribution in [0.3, 0.4) is 0 Å². The summed E-state index contributed by atoms with van der Waals surface area (Å²) in [4.78, 5) is 12.6. The number of nitrogens with one attached hydrogen (secondary N) is 1. The van der Waals surface area contributed by atoms with Crippen molar-refractivity contribution in [3.63, 3.8) is 0 Å². The highest BCUT2D eigenvalue weighted by atomic mass is 35.5. The lowest BCUT2D eigenvalue weighted by atomic mass is 9.85. The summed E-state index contributed by atoms with van der Waals surface area (Å²) in [6, 6.07) is 4.12. The van der Waals surface area contributed by atoms with E-state index in [9.17, 15) is 23.1 Å². The van der Waals surface area contributed by atoms with Gasteiger partial charge in [0.05, 0.1) is 5.56 Å². The van der Waals surface area contributed by atoms with Crippen LogP contribution in [-0.4, -0.2) is 28.8 Å². The third kappa shape index (κ3) is 3.28. The van der Waals surface area contributed by atoms with Gasteiger partial charge in [0.1, 0.15) is 5.02 Å². The minimum Gasteiger partial charge on any atom is -0.396 e. The van der Waals surface area contributed by atoms with Crippen molar-refractivity contribution in [3.8, 4) is 11.3 Å². The van der Waals surface area contributed by atoms with Gasteiger partial charge in [-0.2, -0.15) is 13.2 Å². The van der Waals surface area contributed by atoms with Gasteiger partial charge in [-0.3, -0.25) is 4.79 Å². The van der Waals surface area contributed by atoms with Crippen molar-refractivity contribution < 1.29 is 27.6 Å². The zero-order chi connectivity index (χ0) is 20.1. The van der Waals surface area contributed by atoms with Crippen LogP contribution in [0.4, 0.5) is 13.2 Å². The highest BCUT2D eigenvalue weighted by molar-refractivity contribution is 6.35. The van der Waals surface area contributed by atoms with E-state index >= 15 is 0 Å². The predicted octanol–water partition coefficient (Wildman–Crippen LogP) is 4.15. The van der Waals surface area contributed by atoms with Crippen LogP contribution in [0.2, 0.25) is 5.02 Å². The van der Waals surface area contributed by atoms with Gasteiger partial charge in [0.2, 0.25) is 0 Å². The molecule has 0 unspecified atom stereocenters. The number of amides is 1. The predicted molar refractivity (Wildman–Crippen MR) is 94.6 cm³/mol. The molecule has 2 aromatic rings. The molecule has 2 fully saturated rings. The first-order valence-corrected chi connectivity index (χ1v) is 9.42. The molecule has 0 saturated heterocycles. The third-order valence-corrected chi connectivity index (χ3v) is 6.27. The molecule has 5 nitrogen and oxygen atoms in total. The zero-order valence-corrected chi connectivity index (χ0v) is 15.4. The van der Waals surface area contributed by atoms with Crippen LogP contribution in [-0.2, 0) is 6.18 Å². The van der Waals surface area contributed by atoms with Gasteiger partial charge in [-0.25, -0.2) is 0 Å². The number of hydrogen-bond acceptors (Lipinski definition) is 4. The molecule has 150 valence electrons. The molecule has 1 aromatic carbocycles. The van der Waals surface area contributed by atoms with Gasteiger partial charge in [0.15, 0.2) is 11.5 Å². The smallest absolute Gasteiger partial charge is 0.396 e. The number of carbonyl (C=O) groups is 1. The van der Waals surface area contributed by atoms with E-state index in [-0.39, 0.29) is 40.6 Å². The molecule has 4 atom stereocenters. The number of benzene rings is 1. The lowest BCUT2D eigenvalue weighted by Crippen LogP contribution is -2.45. The van der Waals surface area contributed by atoms with Crippen molar-refractivity contribution in [1.29, 1.82) is 0 Å². The average molecular weight is 415 g/mol. The second-order valence-electron chi connectivity index (χ2n) is 7.43. The van der Waals surface area contributed by atoms with E-state index in [1.54, 1.807) is 0 Å². The molecule has 2 aliphatic carbocycles. The van der Waals surface area contributed by atoms with E-state index in [1.165, 1.54) is 12.1 Å². The Bertz CT molecular complexity index is 882. The number of aliphatic hydroxyl groups excluding tert-OH is 1. The van der Waals surface area contributed by atoms with Crippen LogP contribution in [0.15, 0.2) is 28.8 Å². The monoisotopic (exact) mass is 414 g/mol. The Morgan fingerprint density at radius 2 is 1.93 bits per heavy atom. The number of alkyl halides is 3. The fourth-order valence-corrected chi connectivity index (χ4v) is 4.79. The van der Waals surface area contributed by atoms with Gasteiger partial charge < -0.3 is 14.9 Å². The lowest BCUT2D eigenvalue weighted by molar-refractivity contribution is -0.137. The van der Waals surface area contributed by atoms with Gasteiger partial charge >= 0.3 is 6.18 Å². The van der Waals surface area contributed by atoms with Gasteiger partial charge in [-0.1, -0.05) is 28.9 Å². The standard InChI is InChI=1S/C19H18ClF3N2O3/c20-14-16(18(27)24-15-11-2-1-10(7-11)13(15)8-26)25-28-17(14)9-3-5-12(6-4-9)19(21,22)23/h3-6,10-11,13,15,26H,1-2,7-8H2,(H,24,27)/t10-,11+,13+,15-/m1/s1. The van der Waals surface area contributed by atoms with Crippen molar-refractivity contribution in [2.75, 3.05) is 6.61 Å². The topological polar surface area (TPSA) is 75.4 Å². The number of aliphatic hydroxyl groups is 1. The Balaban J connectivity index is 1.53. The molecule has 0 aliphatic heterocycles. The molecular formula is C19H18ClF3N2O3. The summed E-state index contributed by atoms with van der Waals surface area (Å²) in [7, 11) is 0. The minimum atomic E-state index is -4.45. The Kier molecular flexibility index (Phi) is 4.87. The number of carbonyl (C=O) groups excluding carboxylic acids is 1. The summed E-state index contributed by atoms with van der Waals surface area (Å²) in [5.41, 5.74) is -0.620. The summed E-state index contributed by atoms with van der Waals surface area (Å²) < 4.78 is 43.2. The average Bonchev–Trinajstić information content (AvgIpc) is 3.35. The Morgan fingerprint density at radius 3 is 2.57 bits per heavy atom. The summed E-state index contributed by atoms with van der Waals surface area (Å²) in [6.07, 6.45) is -1.39. The Labute approximate surface area is 163 Å². The molecule has 1 heterocycles. The number of hydrogen-bond donors (Lipinski definition) is 2. The van der Waals surface area contributed by atoms with E-state index in [2.05, 4.69) is 10.5 Å². The summed E-state index contributed by atoms with van der Waals surface area (Å²) >= 11 is 6.23. The minimum absolute atomic E-state index is 0.00939. The lowest BCUT2D eigenvalue weighted by Gasteiger charge is -2.30. The quantitative estimate of drug-likeness (QED) is 0.788. The highest BCUT2D eigenvalue weighted by Gasteiger charge is 2.48. The SMILES string of the molecule is O=C(N[C@@H]1[C@H]2CC[C@H](C2)[C@@H]1CO)c1noc(-c2ccc(C(F)(F)F)cc2)c1Cl. The molecule has 2 saturated carbocycles. The van der Waals surface area contributed by atoms with Crippen LogP contribution < -0.4 is 5.32 Å². The summed E-state index contributed by atoms with van der Waals surface area (Å²) in [5, 5.41) is 16.2. The van der Waals surface area contributed by atoms with Gasteiger partial charge in [0, 0.05) is 24.1 Å². The van der Waals surface area contributed by atoms with Crippen molar-refractivity contribution in [1.82, 2.24) is 10.5 Å². The van der Waals surface area contributed by atoms with Crippen LogP contribution in [0.25, 0.3) is 11.3 Å². The van der Waals surface area contributed by atoms with Crippen molar-refractivity contribution >= 4 is 17.5 Å². The zero-order valence-electron chi connectivity index (χ0n) is 14.7. The molecule has 0 radical (unpaired) electrons. The van der Waals surface area contributed by atoms with Crippen molar-refractivity contribution in [2.24, 2.45) is 17.8 Å². The molecule has 4 rings (SSSR count). The van der Waals surface area contributed by atoms with E-state index in [0.29, 0.717) is 11.8 Å². The van der Waals surface area contributed by atoms with Crippen LogP contribution >= 0.6 is 11.6 Å². The fraction of sp³-hybridized carbons (Fsp3) is 0.474. The summed E-state index contributed by atoms with van der Waals surface area (Å²) in [5.74, 6) is 0.278. The molecule has 2 N–H and O–H groups in total. The van der Waals surface area contributed by atoms with Gasteiger partial charge in [-0.15, -0.1) is 0 Å². The van der Waals surface area contributed by atoms with Crippen LogP contribution in [0.1, 0.15) is 35.3 Å². The molecule has 2 aliphatic rings. The van der Waals surface area contributed by atoms with Crippen LogP contribution in [0, 0.1) is 17.8 Å². The van der Waals surface area contributed by atoms with E-state index in [4.69, 9.17) is 16.1 Å². The van der Waals surface area contributed by atoms with Gasteiger partial charge in [0.25, 0.3) is 5.91 Å². The van der Waals surface area contributed by atoms with Gasteiger partial charge in [-0.05, 0) is 43.2 Å². The largest absolute Gasteiger partial charge is 0.416 e. The maximum absolute atomic E-state index is 12.7. The highest BCUT2D eigenvalue weighted by Crippen LogP contribution is 2.48. The third-order valence-electron chi connectivity index (χ3n) is 5.92. The van der Waals surface area contributed by atoms with E-state index in [1.807, 2.05) is 0 Å². The normalized spacial score (nSPS) is 26.6. The number of rotatable bonds is 4. The van der Waals surface area contributed by atoms with E-state index in [0.717, 1.165) is 31.4 Å². The number of fused-ring (bicyclic) bond motifs is 2. The van der Waals surface area contributed by atoms with Crippen molar-refractivity contribution in [2.45, 2.75) is 31.5 Å². The molecule has 28 heavy (non-hydrogen) atoms. The maximum Gasteiger partial charge on any atom is 0.416 e. The summed E-state index contributed by atoms with van der Waals surface area (Å²) in [6.45, 7) is 0.00939. The first-order valence-electron chi connectivity index (χ1n) is 9.04. The Hall–Kier alpha value is -2.06. The number of nitrogens with zero attached hydrogens (tertiary/aromatic N) is 1. The fourth-order valence-electron chi connectivity index (χ4n) is 4.53. The van der Waals surface area contributed by atoms with Crippen LogP contribution in [0.5, 0.6) is 0 Å². The second-order valence-corrected chi connectivity index (χ2v) is 7.81. The molecule has 1 amide bonds. The maximum atomic E-state index is 12.7. The first-order chi connectivity index (χ1) is 13.3. The Morgan fingerprint density at radius 1 is 1.25 bits per heavy atom. The molecule has 9 heteroatoms. The first kappa shape index (κ1) is 19.3. The molecule has 1 aromatic heterocycles. The number of aromatic nitrogens is 1. The number of halogens is 4.